The zero-order valence-corrected chi connectivity index (χ0v) is 16.2. The lowest BCUT2D eigenvalue weighted by Crippen LogP contribution is -1.95. The fourth-order valence-electron chi connectivity index (χ4n) is 3.58. The van der Waals surface area contributed by atoms with E-state index in [0.717, 1.165) is 33.5 Å². The van der Waals surface area contributed by atoms with E-state index in [4.69, 9.17) is 9.97 Å². The summed E-state index contributed by atoms with van der Waals surface area (Å²) in [7, 11) is 0. The molecule has 0 amide bonds. The van der Waals surface area contributed by atoms with Crippen molar-refractivity contribution in [2.45, 2.75) is 6.92 Å². The molecule has 0 aliphatic carbocycles. The van der Waals surface area contributed by atoms with Gasteiger partial charge in [-0.3, -0.25) is 0 Å². The molecule has 0 aliphatic heterocycles. The van der Waals surface area contributed by atoms with Crippen LogP contribution in [-0.2, 0) is 0 Å². The number of para-hydroxylation sites is 1. The van der Waals surface area contributed by atoms with Crippen LogP contribution in [0.25, 0.3) is 44.7 Å². The molecule has 4 aromatic carbocycles. The Balaban J connectivity index is 1.63. The van der Waals surface area contributed by atoms with Crippen molar-refractivity contribution >= 4 is 10.9 Å². The zero-order valence-electron chi connectivity index (χ0n) is 16.2. The Morgan fingerprint density at radius 3 is 1.83 bits per heavy atom. The average Bonchev–Trinajstić information content (AvgIpc) is 2.80. The molecule has 0 spiro atoms. The van der Waals surface area contributed by atoms with E-state index in [9.17, 15) is 0 Å². The second-order valence-electron chi connectivity index (χ2n) is 7.22. The van der Waals surface area contributed by atoms with E-state index in [1.165, 1.54) is 16.7 Å². The van der Waals surface area contributed by atoms with E-state index < -0.39 is 0 Å². The number of aromatic nitrogens is 2. The van der Waals surface area contributed by atoms with Gasteiger partial charge in [-0.1, -0.05) is 103 Å². The van der Waals surface area contributed by atoms with E-state index >= 15 is 0 Å². The van der Waals surface area contributed by atoms with Gasteiger partial charge in [-0.25, -0.2) is 9.97 Å². The monoisotopic (exact) mass is 372 g/mol. The molecule has 0 saturated carbocycles. The first kappa shape index (κ1) is 17.3. The SMILES string of the molecule is Cc1ccc(-c2nc(-c3ccc(-c4ccccc4)cc3)nc3ccccc23)cc1. The molecule has 1 heterocycles. The molecule has 138 valence electrons. The second kappa shape index (κ2) is 7.33. The highest BCUT2D eigenvalue weighted by molar-refractivity contribution is 5.93. The van der Waals surface area contributed by atoms with Gasteiger partial charge in [0, 0.05) is 16.5 Å². The van der Waals surface area contributed by atoms with Crippen molar-refractivity contribution in [1.29, 1.82) is 0 Å². The highest BCUT2D eigenvalue weighted by atomic mass is 14.9. The second-order valence-corrected chi connectivity index (χ2v) is 7.22. The van der Waals surface area contributed by atoms with Crippen LogP contribution in [0.5, 0.6) is 0 Å². The van der Waals surface area contributed by atoms with Gasteiger partial charge in [0.1, 0.15) is 0 Å². The molecule has 29 heavy (non-hydrogen) atoms. The van der Waals surface area contributed by atoms with Gasteiger partial charge in [-0.15, -0.1) is 0 Å². The predicted octanol–water partition coefficient (Wildman–Crippen LogP) is 6.94. The van der Waals surface area contributed by atoms with Crippen LogP contribution < -0.4 is 0 Å². The normalized spacial score (nSPS) is 10.9. The summed E-state index contributed by atoms with van der Waals surface area (Å²) in [6.07, 6.45) is 0. The Hall–Kier alpha value is -3.78. The molecule has 1 aromatic heterocycles. The molecule has 0 fully saturated rings. The molecule has 2 nitrogen and oxygen atoms in total. The van der Waals surface area contributed by atoms with Crippen molar-refractivity contribution in [2.24, 2.45) is 0 Å². The van der Waals surface area contributed by atoms with Crippen LogP contribution in [-0.4, -0.2) is 9.97 Å². The molecule has 0 unspecified atom stereocenters. The summed E-state index contributed by atoms with van der Waals surface area (Å²) in [6.45, 7) is 2.10. The Kier molecular flexibility index (Phi) is 4.38. The summed E-state index contributed by atoms with van der Waals surface area (Å²) < 4.78 is 0. The van der Waals surface area contributed by atoms with Crippen LogP contribution in [0.1, 0.15) is 5.56 Å². The van der Waals surface area contributed by atoms with E-state index in [2.05, 4.69) is 91.9 Å². The number of fused-ring (bicyclic) bond motifs is 1. The highest BCUT2D eigenvalue weighted by Gasteiger charge is 2.11. The van der Waals surface area contributed by atoms with Crippen molar-refractivity contribution in [3.8, 4) is 33.8 Å². The molecule has 5 aromatic rings. The van der Waals surface area contributed by atoms with Gasteiger partial charge in [0.05, 0.1) is 11.2 Å². The van der Waals surface area contributed by atoms with Crippen molar-refractivity contribution < 1.29 is 0 Å². The molecule has 0 bridgehead atoms. The number of rotatable bonds is 3. The van der Waals surface area contributed by atoms with E-state index in [1.807, 2.05) is 18.2 Å². The van der Waals surface area contributed by atoms with Crippen LogP contribution in [0, 0.1) is 6.92 Å². The number of benzene rings is 4. The third kappa shape index (κ3) is 3.41. The van der Waals surface area contributed by atoms with Crippen molar-refractivity contribution in [3.63, 3.8) is 0 Å². The van der Waals surface area contributed by atoms with Crippen molar-refractivity contribution in [2.75, 3.05) is 0 Å². The van der Waals surface area contributed by atoms with Gasteiger partial charge in [-0.2, -0.15) is 0 Å². The Morgan fingerprint density at radius 1 is 0.483 bits per heavy atom. The average molecular weight is 372 g/mol. The van der Waals surface area contributed by atoms with Gasteiger partial charge in [0.15, 0.2) is 5.82 Å². The Morgan fingerprint density at radius 2 is 1.07 bits per heavy atom. The number of hydrogen-bond acceptors (Lipinski definition) is 2. The quantitative estimate of drug-likeness (QED) is 0.343. The predicted molar refractivity (Wildman–Crippen MR) is 121 cm³/mol. The van der Waals surface area contributed by atoms with Crippen molar-refractivity contribution in [3.05, 3.63) is 109 Å². The van der Waals surface area contributed by atoms with Crippen LogP contribution in [0.15, 0.2) is 103 Å². The smallest absolute Gasteiger partial charge is 0.160 e. The Bertz CT molecular complexity index is 1270. The van der Waals surface area contributed by atoms with Gasteiger partial charge in [-0.05, 0) is 24.1 Å². The number of nitrogens with zero attached hydrogens (tertiary/aromatic N) is 2. The molecule has 0 radical (unpaired) electrons. The topological polar surface area (TPSA) is 25.8 Å². The van der Waals surface area contributed by atoms with Crippen LogP contribution in [0.3, 0.4) is 0 Å². The summed E-state index contributed by atoms with van der Waals surface area (Å²) in [4.78, 5) is 9.80. The molecular weight excluding hydrogens is 352 g/mol. The third-order valence-corrected chi connectivity index (χ3v) is 5.18. The van der Waals surface area contributed by atoms with Crippen LogP contribution in [0.2, 0.25) is 0 Å². The minimum Gasteiger partial charge on any atom is -0.228 e. The lowest BCUT2D eigenvalue weighted by atomic mass is 10.0. The molecular formula is C27H20N2. The molecule has 5 rings (SSSR count). The first-order chi connectivity index (χ1) is 14.3. The summed E-state index contributed by atoms with van der Waals surface area (Å²) in [5.41, 5.74) is 7.69. The van der Waals surface area contributed by atoms with E-state index in [0.29, 0.717) is 0 Å². The van der Waals surface area contributed by atoms with Gasteiger partial charge >= 0.3 is 0 Å². The fourth-order valence-corrected chi connectivity index (χ4v) is 3.58. The minimum atomic E-state index is 0.749. The molecule has 0 N–H and O–H groups in total. The number of hydrogen-bond donors (Lipinski definition) is 0. The van der Waals surface area contributed by atoms with Gasteiger partial charge in [0.25, 0.3) is 0 Å². The summed E-state index contributed by atoms with van der Waals surface area (Å²) in [6, 6.07) is 35.6. The minimum absolute atomic E-state index is 0.749. The maximum atomic E-state index is 4.96. The summed E-state index contributed by atoms with van der Waals surface area (Å²) >= 11 is 0. The van der Waals surface area contributed by atoms with E-state index in [-0.39, 0.29) is 0 Å². The maximum absolute atomic E-state index is 4.96. The fraction of sp³-hybridized carbons (Fsp3) is 0.0370. The third-order valence-electron chi connectivity index (χ3n) is 5.18. The molecule has 0 saturated heterocycles. The van der Waals surface area contributed by atoms with Gasteiger partial charge < -0.3 is 0 Å². The molecule has 0 atom stereocenters. The summed E-state index contributed by atoms with van der Waals surface area (Å²) in [5, 5.41) is 1.07. The maximum Gasteiger partial charge on any atom is 0.160 e. The van der Waals surface area contributed by atoms with E-state index in [1.54, 1.807) is 0 Å². The highest BCUT2D eigenvalue weighted by Crippen LogP contribution is 2.30. The number of aryl methyl sites for hydroxylation is 1. The first-order valence-corrected chi connectivity index (χ1v) is 9.78. The van der Waals surface area contributed by atoms with Crippen LogP contribution in [0.4, 0.5) is 0 Å². The van der Waals surface area contributed by atoms with Gasteiger partial charge in [0.2, 0.25) is 0 Å². The lowest BCUT2D eigenvalue weighted by molar-refractivity contribution is 1.23. The summed E-state index contributed by atoms with van der Waals surface area (Å²) in [5.74, 6) is 0.749. The van der Waals surface area contributed by atoms with Crippen molar-refractivity contribution in [1.82, 2.24) is 9.97 Å². The zero-order chi connectivity index (χ0) is 19.6. The largest absolute Gasteiger partial charge is 0.228 e. The first-order valence-electron chi connectivity index (χ1n) is 9.78. The Labute approximate surface area is 170 Å². The van der Waals surface area contributed by atoms with Crippen LogP contribution >= 0.6 is 0 Å². The standard InChI is InChI=1S/C27H20N2/c1-19-11-13-22(14-12-19)26-24-9-5-6-10-25(24)28-27(29-26)23-17-15-21(16-18-23)20-7-3-2-4-8-20/h2-18H,1H3. The molecule has 0 aliphatic rings. The molecule has 2 heteroatoms. The lowest BCUT2D eigenvalue weighted by Gasteiger charge is -2.10.